The molecule has 1 aromatic rings. The predicted octanol–water partition coefficient (Wildman–Crippen LogP) is 4.09. The van der Waals surface area contributed by atoms with E-state index in [1.807, 2.05) is 13.0 Å². The van der Waals surface area contributed by atoms with E-state index in [9.17, 15) is 0 Å². The molecule has 0 saturated carbocycles. The molecular weight excluding hydrogens is 188 g/mol. The van der Waals surface area contributed by atoms with E-state index in [0.29, 0.717) is 17.6 Å². The van der Waals surface area contributed by atoms with Crippen molar-refractivity contribution >= 4 is 0 Å². The second kappa shape index (κ2) is 4.67. The zero-order valence-electron chi connectivity index (χ0n) is 10.2. The molecule has 0 aromatic heterocycles. The quantitative estimate of drug-likeness (QED) is 0.598. The minimum absolute atomic E-state index is 0.351. The van der Waals surface area contributed by atoms with Crippen LogP contribution in [0.3, 0.4) is 0 Å². The van der Waals surface area contributed by atoms with Gasteiger partial charge in [0.25, 0.3) is 0 Å². The minimum Gasteiger partial charge on any atom is -0.340 e. The van der Waals surface area contributed by atoms with Crippen LogP contribution in [0.2, 0.25) is 0 Å². The highest BCUT2D eigenvalue weighted by molar-refractivity contribution is 5.48. The molecule has 1 N–H and O–H groups in total. The number of benzene rings is 1. The van der Waals surface area contributed by atoms with Crippen LogP contribution in [0.5, 0.6) is 5.75 Å². The first-order chi connectivity index (χ1) is 6.99. The summed E-state index contributed by atoms with van der Waals surface area (Å²) in [5, 5.41) is 8.95. The van der Waals surface area contributed by atoms with E-state index >= 15 is 0 Å². The molecule has 2 nitrogen and oxygen atoms in total. The third kappa shape index (κ3) is 2.32. The fraction of sp³-hybridized carbons (Fsp3) is 0.538. The van der Waals surface area contributed by atoms with Crippen LogP contribution in [0.1, 0.15) is 56.2 Å². The first-order valence-electron chi connectivity index (χ1n) is 5.43. The maximum atomic E-state index is 8.95. The van der Waals surface area contributed by atoms with Gasteiger partial charge >= 0.3 is 0 Å². The maximum absolute atomic E-state index is 8.95. The topological polar surface area (TPSA) is 29.5 Å². The molecule has 0 spiro atoms. The van der Waals surface area contributed by atoms with E-state index in [1.54, 1.807) is 0 Å². The third-order valence-electron chi connectivity index (χ3n) is 2.72. The van der Waals surface area contributed by atoms with Crippen LogP contribution in [-0.2, 0) is 0 Å². The number of rotatable bonds is 3. The van der Waals surface area contributed by atoms with Gasteiger partial charge < -0.3 is 4.89 Å². The van der Waals surface area contributed by atoms with E-state index in [0.717, 1.165) is 11.1 Å². The SMILES string of the molecule is Cc1ccc(C(C)C)c(C(C)C)c1OO. The summed E-state index contributed by atoms with van der Waals surface area (Å²) >= 11 is 0. The molecule has 0 aliphatic carbocycles. The largest absolute Gasteiger partial charge is 0.340 e. The summed E-state index contributed by atoms with van der Waals surface area (Å²) in [7, 11) is 0. The van der Waals surface area contributed by atoms with Gasteiger partial charge in [0.05, 0.1) is 0 Å². The summed E-state index contributed by atoms with van der Waals surface area (Å²) in [6.45, 7) is 10.5. The second-order valence-electron chi connectivity index (χ2n) is 4.62. The Morgan fingerprint density at radius 1 is 1.07 bits per heavy atom. The normalized spacial score (nSPS) is 11.2. The van der Waals surface area contributed by atoms with Gasteiger partial charge in [-0.2, -0.15) is 0 Å². The zero-order valence-corrected chi connectivity index (χ0v) is 10.2. The molecule has 1 rings (SSSR count). The van der Waals surface area contributed by atoms with E-state index in [2.05, 4.69) is 38.6 Å². The van der Waals surface area contributed by atoms with Crippen molar-refractivity contribution in [3.05, 3.63) is 28.8 Å². The molecule has 0 atom stereocenters. The van der Waals surface area contributed by atoms with Gasteiger partial charge in [-0.3, -0.25) is 0 Å². The van der Waals surface area contributed by atoms with Crippen molar-refractivity contribution in [3.8, 4) is 5.75 Å². The molecule has 0 heterocycles. The van der Waals surface area contributed by atoms with Crippen molar-refractivity contribution < 1.29 is 10.1 Å². The molecule has 84 valence electrons. The standard InChI is InChI=1S/C13H20O2/c1-8(2)11-7-6-10(5)13(15-14)12(11)9(3)4/h6-9,14H,1-5H3. The van der Waals surface area contributed by atoms with E-state index in [-0.39, 0.29) is 0 Å². The molecule has 0 unspecified atom stereocenters. The van der Waals surface area contributed by atoms with Gasteiger partial charge in [0, 0.05) is 5.56 Å². The highest BCUT2D eigenvalue weighted by Gasteiger charge is 2.17. The van der Waals surface area contributed by atoms with Crippen LogP contribution in [-0.4, -0.2) is 5.26 Å². The lowest BCUT2D eigenvalue weighted by Crippen LogP contribution is -2.03. The van der Waals surface area contributed by atoms with Crippen LogP contribution >= 0.6 is 0 Å². The predicted molar refractivity (Wildman–Crippen MR) is 62.6 cm³/mol. The number of hydrogen-bond acceptors (Lipinski definition) is 2. The summed E-state index contributed by atoms with van der Waals surface area (Å²) in [4.78, 5) is 4.53. The Bertz CT molecular complexity index is 341. The van der Waals surface area contributed by atoms with Crippen molar-refractivity contribution in [1.29, 1.82) is 0 Å². The van der Waals surface area contributed by atoms with Crippen LogP contribution in [0.25, 0.3) is 0 Å². The molecule has 0 radical (unpaired) electrons. The Balaban J connectivity index is 3.42. The maximum Gasteiger partial charge on any atom is 0.171 e. The summed E-state index contributed by atoms with van der Waals surface area (Å²) < 4.78 is 0. The molecular formula is C13H20O2. The molecule has 2 heteroatoms. The van der Waals surface area contributed by atoms with E-state index in [1.165, 1.54) is 5.56 Å². The van der Waals surface area contributed by atoms with Crippen molar-refractivity contribution in [2.75, 3.05) is 0 Å². The molecule has 1 aromatic carbocycles. The van der Waals surface area contributed by atoms with Gasteiger partial charge in [-0.1, -0.05) is 39.8 Å². The van der Waals surface area contributed by atoms with Gasteiger partial charge in [0.15, 0.2) is 5.75 Å². The summed E-state index contributed by atoms with van der Waals surface area (Å²) in [5.74, 6) is 1.41. The fourth-order valence-electron chi connectivity index (χ4n) is 1.94. The number of hydrogen-bond donors (Lipinski definition) is 1. The Morgan fingerprint density at radius 3 is 2.07 bits per heavy atom. The van der Waals surface area contributed by atoms with Gasteiger partial charge in [-0.05, 0) is 29.9 Å². The third-order valence-corrected chi connectivity index (χ3v) is 2.72. The van der Waals surface area contributed by atoms with Crippen molar-refractivity contribution in [1.82, 2.24) is 0 Å². The van der Waals surface area contributed by atoms with Gasteiger partial charge in [-0.15, -0.1) is 0 Å². The lowest BCUT2D eigenvalue weighted by Gasteiger charge is -2.19. The van der Waals surface area contributed by atoms with Gasteiger partial charge in [-0.25, -0.2) is 5.26 Å². The smallest absolute Gasteiger partial charge is 0.171 e. The highest BCUT2D eigenvalue weighted by atomic mass is 17.1. The number of aryl methyl sites for hydroxylation is 1. The monoisotopic (exact) mass is 208 g/mol. The minimum atomic E-state index is 0.351. The van der Waals surface area contributed by atoms with Crippen LogP contribution in [0.15, 0.2) is 12.1 Å². The summed E-state index contributed by atoms with van der Waals surface area (Å²) in [6, 6.07) is 4.12. The molecule has 0 bridgehead atoms. The van der Waals surface area contributed by atoms with Crippen LogP contribution in [0, 0.1) is 6.92 Å². The van der Waals surface area contributed by atoms with E-state index < -0.39 is 0 Å². The molecule has 15 heavy (non-hydrogen) atoms. The van der Waals surface area contributed by atoms with Crippen molar-refractivity contribution in [3.63, 3.8) is 0 Å². The molecule has 0 fully saturated rings. The summed E-state index contributed by atoms with van der Waals surface area (Å²) in [5.41, 5.74) is 3.35. The Labute approximate surface area is 91.8 Å². The lowest BCUT2D eigenvalue weighted by molar-refractivity contribution is -0.139. The first-order valence-corrected chi connectivity index (χ1v) is 5.43. The highest BCUT2D eigenvalue weighted by Crippen LogP contribution is 2.36. The van der Waals surface area contributed by atoms with Gasteiger partial charge in [0.2, 0.25) is 0 Å². The molecule has 0 saturated heterocycles. The van der Waals surface area contributed by atoms with Gasteiger partial charge in [0.1, 0.15) is 0 Å². The van der Waals surface area contributed by atoms with Crippen LogP contribution in [0.4, 0.5) is 0 Å². The average Bonchev–Trinajstić information content (AvgIpc) is 2.16. The molecule has 0 aliphatic rings. The Hall–Kier alpha value is -1.02. The van der Waals surface area contributed by atoms with Crippen molar-refractivity contribution in [2.45, 2.75) is 46.5 Å². The fourth-order valence-corrected chi connectivity index (χ4v) is 1.94. The molecule has 0 amide bonds. The second-order valence-corrected chi connectivity index (χ2v) is 4.62. The lowest BCUT2D eigenvalue weighted by atomic mass is 9.88. The Kier molecular flexibility index (Phi) is 3.75. The van der Waals surface area contributed by atoms with Crippen LogP contribution < -0.4 is 4.89 Å². The average molecular weight is 208 g/mol. The first kappa shape index (κ1) is 12.1. The summed E-state index contributed by atoms with van der Waals surface area (Å²) in [6.07, 6.45) is 0. The Morgan fingerprint density at radius 2 is 1.67 bits per heavy atom. The zero-order chi connectivity index (χ0) is 11.6. The molecule has 0 aliphatic heterocycles. The van der Waals surface area contributed by atoms with E-state index in [4.69, 9.17) is 5.26 Å². The van der Waals surface area contributed by atoms with Crippen molar-refractivity contribution in [2.24, 2.45) is 0 Å².